The molecule has 0 saturated carbocycles. The van der Waals surface area contributed by atoms with E-state index in [-0.39, 0.29) is 5.56 Å². The number of hydrogen-bond acceptors (Lipinski definition) is 3. The predicted octanol–water partition coefficient (Wildman–Crippen LogP) is 1.23. The minimum absolute atomic E-state index is 0.230. The summed E-state index contributed by atoms with van der Waals surface area (Å²) in [6, 6.07) is 10.8. The number of rotatable bonds is 4. The van der Waals surface area contributed by atoms with Gasteiger partial charge in [-0.15, -0.1) is 0 Å². The zero-order chi connectivity index (χ0) is 12.1. The van der Waals surface area contributed by atoms with Crippen LogP contribution in [0.15, 0.2) is 48.8 Å². The molecule has 1 aromatic carbocycles. The molecule has 0 unspecified atom stereocenters. The highest BCUT2D eigenvalue weighted by Crippen LogP contribution is 2.08. The van der Waals surface area contributed by atoms with E-state index in [0.717, 1.165) is 24.0 Å². The summed E-state index contributed by atoms with van der Waals surface area (Å²) in [6.07, 6.45) is 5.21. The second-order valence-electron chi connectivity index (χ2n) is 3.85. The second kappa shape index (κ2) is 5.25. The zero-order valence-electron chi connectivity index (χ0n) is 9.30. The van der Waals surface area contributed by atoms with Crippen molar-refractivity contribution in [1.29, 1.82) is 0 Å². The van der Waals surface area contributed by atoms with Gasteiger partial charge in [0.1, 0.15) is 0 Å². The lowest BCUT2D eigenvalue weighted by molar-refractivity contribution is -0.255. The van der Waals surface area contributed by atoms with Gasteiger partial charge in [-0.2, -0.15) is 0 Å². The van der Waals surface area contributed by atoms with Gasteiger partial charge in [-0.05, 0) is 41.7 Å². The van der Waals surface area contributed by atoms with Crippen molar-refractivity contribution < 1.29 is 9.90 Å². The summed E-state index contributed by atoms with van der Waals surface area (Å²) < 4.78 is 0. The maximum Gasteiger partial charge on any atom is 0.0715 e. The van der Waals surface area contributed by atoms with Crippen LogP contribution in [-0.4, -0.2) is 11.0 Å². The molecular formula is C14H12NO2-. The molecule has 0 aliphatic rings. The molecule has 86 valence electrons. The first-order valence-corrected chi connectivity index (χ1v) is 5.45. The SMILES string of the molecule is O=C([O-])c1cccc(CCc2cccnc2)c1. The van der Waals surface area contributed by atoms with Gasteiger partial charge in [0.05, 0.1) is 5.97 Å². The Kier molecular flexibility index (Phi) is 3.50. The van der Waals surface area contributed by atoms with E-state index in [1.54, 1.807) is 24.4 Å². The molecule has 0 saturated heterocycles. The van der Waals surface area contributed by atoms with Crippen molar-refractivity contribution >= 4 is 5.97 Å². The number of carboxylic acid groups (broad SMARTS) is 1. The van der Waals surface area contributed by atoms with Gasteiger partial charge in [0.15, 0.2) is 0 Å². The van der Waals surface area contributed by atoms with Crippen LogP contribution in [-0.2, 0) is 12.8 Å². The average Bonchev–Trinajstić information content (AvgIpc) is 2.38. The summed E-state index contributed by atoms with van der Waals surface area (Å²) in [6.45, 7) is 0. The molecule has 0 radical (unpaired) electrons. The van der Waals surface area contributed by atoms with Gasteiger partial charge in [-0.3, -0.25) is 4.98 Å². The number of nitrogens with zero attached hydrogens (tertiary/aromatic N) is 1. The van der Waals surface area contributed by atoms with Gasteiger partial charge >= 0.3 is 0 Å². The lowest BCUT2D eigenvalue weighted by Crippen LogP contribution is -2.22. The fourth-order valence-corrected chi connectivity index (χ4v) is 1.69. The number of aromatic nitrogens is 1. The van der Waals surface area contributed by atoms with E-state index >= 15 is 0 Å². The minimum Gasteiger partial charge on any atom is -0.545 e. The van der Waals surface area contributed by atoms with E-state index in [1.807, 2.05) is 24.4 Å². The summed E-state index contributed by atoms with van der Waals surface area (Å²) in [5, 5.41) is 10.7. The number of pyridine rings is 1. The van der Waals surface area contributed by atoms with E-state index < -0.39 is 5.97 Å². The molecule has 0 bridgehead atoms. The lowest BCUT2D eigenvalue weighted by atomic mass is 10.0. The smallest absolute Gasteiger partial charge is 0.0715 e. The molecule has 0 fully saturated rings. The Morgan fingerprint density at radius 1 is 1.12 bits per heavy atom. The Morgan fingerprint density at radius 3 is 2.59 bits per heavy atom. The van der Waals surface area contributed by atoms with Crippen LogP contribution in [0.4, 0.5) is 0 Å². The molecule has 0 atom stereocenters. The van der Waals surface area contributed by atoms with Gasteiger partial charge in [0.25, 0.3) is 0 Å². The van der Waals surface area contributed by atoms with Gasteiger partial charge in [-0.25, -0.2) is 0 Å². The Balaban J connectivity index is 2.04. The maximum absolute atomic E-state index is 10.7. The Labute approximate surface area is 99.8 Å². The summed E-state index contributed by atoms with van der Waals surface area (Å²) in [5.41, 5.74) is 2.37. The van der Waals surface area contributed by atoms with E-state index in [4.69, 9.17) is 0 Å². The van der Waals surface area contributed by atoms with Crippen molar-refractivity contribution in [3.63, 3.8) is 0 Å². The fourth-order valence-electron chi connectivity index (χ4n) is 1.69. The topological polar surface area (TPSA) is 53.0 Å². The molecule has 1 heterocycles. The molecule has 0 aliphatic heterocycles. The van der Waals surface area contributed by atoms with Crippen molar-refractivity contribution in [3.05, 3.63) is 65.5 Å². The third-order valence-corrected chi connectivity index (χ3v) is 2.59. The molecule has 3 heteroatoms. The van der Waals surface area contributed by atoms with Crippen molar-refractivity contribution in [2.24, 2.45) is 0 Å². The van der Waals surface area contributed by atoms with E-state index in [2.05, 4.69) is 4.98 Å². The van der Waals surface area contributed by atoms with Crippen LogP contribution in [0.2, 0.25) is 0 Å². The van der Waals surface area contributed by atoms with Crippen molar-refractivity contribution in [2.75, 3.05) is 0 Å². The Morgan fingerprint density at radius 2 is 1.88 bits per heavy atom. The summed E-state index contributed by atoms with van der Waals surface area (Å²) >= 11 is 0. The number of benzene rings is 1. The summed E-state index contributed by atoms with van der Waals surface area (Å²) in [4.78, 5) is 14.7. The Hall–Kier alpha value is -2.16. The van der Waals surface area contributed by atoms with Crippen molar-refractivity contribution in [3.8, 4) is 0 Å². The Bertz CT molecular complexity index is 509. The van der Waals surface area contributed by atoms with E-state index in [1.165, 1.54) is 0 Å². The van der Waals surface area contributed by atoms with Gasteiger partial charge in [0, 0.05) is 12.4 Å². The number of aromatic carboxylic acids is 1. The normalized spacial score (nSPS) is 10.1. The average molecular weight is 226 g/mol. The first-order chi connectivity index (χ1) is 8.25. The molecule has 1 aromatic heterocycles. The highest BCUT2D eigenvalue weighted by Gasteiger charge is 1.98. The highest BCUT2D eigenvalue weighted by atomic mass is 16.4. The van der Waals surface area contributed by atoms with Gasteiger partial charge in [-0.1, -0.05) is 24.3 Å². The molecule has 3 nitrogen and oxygen atoms in total. The second-order valence-corrected chi connectivity index (χ2v) is 3.85. The third kappa shape index (κ3) is 3.14. The number of carbonyl (C=O) groups excluding carboxylic acids is 1. The van der Waals surface area contributed by atoms with Gasteiger partial charge in [0.2, 0.25) is 0 Å². The number of carboxylic acids is 1. The van der Waals surface area contributed by atoms with Crippen LogP contribution >= 0.6 is 0 Å². The molecular weight excluding hydrogens is 214 g/mol. The summed E-state index contributed by atoms with van der Waals surface area (Å²) in [5.74, 6) is -1.13. The molecule has 0 N–H and O–H groups in total. The molecule has 2 aromatic rings. The lowest BCUT2D eigenvalue weighted by Gasteiger charge is -2.06. The fraction of sp³-hybridized carbons (Fsp3) is 0.143. The van der Waals surface area contributed by atoms with E-state index in [9.17, 15) is 9.90 Å². The van der Waals surface area contributed by atoms with Crippen LogP contribution < -0.4 is 5.11 Å². The van der Waals surface area contributed by atoms with Crippen LogP contribution in [0, 0.1) is 0 Å². The predicted molar refractivity (Wildman–Crippen MR) is 62.4 cm³/mol. The van der Waals surface area contributed by atoms with Crippen LogP contribution in [0.1, 0.15) is 21.5 Å². The zero-order valence-corrected chi connectivity index (χ0v) is 9.30. The van der Waals surface area contributed by atoms with E-state index in [0.29, 0.717) is 0 Å². The number of hydrogen-bond donors (Lipinski definition) is 0. The molecule has 0 spiro atoms. The number of aryl methyl sites for hydroxylation is 2. The monoisotopic (exact) mass is 226 g/mol. The highest BCUT2D eigenvalue weighted by molar-refractivity contribution is 5.85. The number of carbonyl (C=O) groups is 1. The molecule has 0 amide bonds. The molecule has 2 rings (SSSR count). The maximum atomic E-state index is 10.7. The van der Waals surface area contributed by atoms with Crippen molar-refractivity contribution in [2.45, 2.75) is 12.8 Å². The standard InChI is InChI=1S/C14H13NO2/c16-14(17)13-5-1-3-11(9-13)6-7-12-4-2-8-15-10-12/h1-5,8-10H,6-7H2,(H,16,17)/p-1. The van der Waals surface area contributed by atoms with Gasteiger partial charge < -0.3 is 9.90 Å². The molecule has 0 aliphatic carbocycles. The minimum atomic E-state index is -1.13. The largest absolute Gasteiger partial charge is 0.545 e. The quantitative estimate of drug-likeness (QED) is 0.788. The molecule has 17 heavy (non-hydrogen) atoms. The van der Waals surface area contributed by atoms with Crippen LogP contribution in [0.25, 0.3) is 0 Å². The first-order valence-electron chi connectivity index (χ1n) is 5.45. The summed E-state index contributed by atoms with van der Waals surface area (Å²) in [7, 11) is 0. The van der Waals surface area contributed by atoms with Crippen molar-refractivity contribution in [1.82, 2.24) is 4.98 Å². The van der Waals surface area contributed by atoms with Crippen LogP contribution in [0.5, 0.6) is 0 Å². The first kappa shape index (κ1) is 11.3. The van der Waals surface area contributed by atoms with Crippen LogP contribution in [0.3, 0.4) is 0 Å². The third-order valence-electron chi connectivity index (χ3n) is 2.59.